The van der Waals surface area contributed by atoms with Crippen molar-refractivity contribution < 1.29 is 17.9 Å². The van der Waals surface area contributed by atoms with E-state index in [0.717, 1.165) is 31.6 Å². The highest BCUT2D eigenvalue weighted by molar-refractivity contribution is 7.93. The number of likely N-dealkylation sites (tertiary alicyclic amines) is 1. The lowest BCUT2D eigenvalue weighted by Gasteiger charge is -2.37. The van der Waals surface area contributed by atoms with E-state index in [2.05, 4.69) is 17.9 Å². The summed E-state index contributed by atoms with van der Waals surface area (Å²) in [5, 5.41) is 9.72. The van der Waals surface area contributed by atoms with Crippen LogP contribution in [0, 0.1) is 23.2 Å². The molecule has 2 aliphatic rings. The van der Waals surface area contributed by atoms with Gasteiger partial charge in [-0.25, -0.2) is 8.42 Å². The molecule has 2 heterocycles. The minimum Gasteiger partial charge on any atom is -0.493 e. The molecule has 2 aliphatic heterocycles. The lowest BCUT2D eigenvalue weighted by molar-refractivity contribution is -0.00490. The summed E-state index contributed by atoms with van der Waals surface area (Å²) < 4.78 is 35.8. The van der Waals surface area contributed by atoms with Crippen molar-refractivity contribution in [2.45, 2.75) is 29.9 Å². The van der Waals surface area contributed by atoms with Gasteiger partial charge in [-0.1, -0.05) is 18.5 Å². The molecule has 0 aliphatic carbocycles. The third-order valence-electron chi connectivity index (χ3n) is 6.71. The van der Waals surface area contributed by atoms with Crippen molar-refractivity contribution in [3.8, 4) is 11.8 Å². The average Bonchev–Trinajstić information content (AvgIpc) is 3.13. The Labute approximate surface area is 201 Å². The largest absolute Gasteiger partial charge is 0.493 e. The molecule has 0 amide bonds. The smallest absolute Gasteiger partial charge is 0.188 e. The van der Waals surface area contributed by atoms with Crippen LogP contribution < -0.4 is 4.74 Å². The van der Waals surface area contributed by atoms with Gasteiger partial charge in [0.1, 0.15) is 10.5 Å². The maximum absolute atomic E-state index is 12.8. The Hall–Kier alpha value is -2.11. The molecule has 2 aromatic rings. The Kier molecular flexibility index (Phi) is 7.01. The van der Waals surface area contributed by atoms with Crippen LogP contribution in [0.5, 0.6) is 5.75 Å². The number of hydrogen-bond acceptors (Lipinski definition) is 6. The number of ether oxygens (including phenoxy) is 2. The Balaban J connectivity index is 1.29. The van der Waals surface area contributed by atoms with Gasteiger partial charge in [0.15, 0.2) is 9.84 Å². The van der Waals surface area contributed by atoms with E-state index in [1.807, 2.05) is 12.1 Å². The fraction of sp³-hybridized carbons (Fsp3) is 0.480. The van der Waals surface area contributed by atoms with E-state index < -0.39 is 14.6 Å². The number of hydrogen-bond donors (Lipinski definition) is 0. The first-order chi connectivity index (χ1) is 15.7. The van der Waals surface area contributed by atoms with Crippen LogP contribution in [0.25, 0.3) is 0 Å². The van der Waals surface area contributed by atoms with Crippen molar-refractivity contribution in [1.82, 2.24) is 4.90 Å². The first-order valence-corrected chi connectivity index (χ1v) is 13.0. The second-order valence-corrected chi connectivity index (χ2v) is 12.3. The summed E-state index contributed by atoms with van der Waals surface area (Å²) in [5.74, 6) is 1.57. The molecule has 0 aromatic heterocycles. The molecular weight excluding hydrogens is 460 g/mol. The second-order valence-electron chi connectivity index (χ2n) is 9.44. The molecule has 2 aromatic carbocycles. The summed E-state index contributed by atoms with van der Waals surface area (Å²) in [6, 6.07) is 14.4. The van der Waals surface area contributed by atoms with E-state index >= 15 is 0 Å². The molecule has 2 fully saturated rings. The predicted molar refractivity (Wildman–Crippen MR) is 127 cm³/mol. The van der Waals surface area contributed by atoms with Gasteiger partial charge in [0.2, 0.25) is 0 Å². The van der Waals surface area contributed by atoms with E-state index in [9.17, 15) is 8.42 Å². The van der Waals surface area contributed by atoms with Gasteiger partial charge in [-0.2, -0.15) is 5.26 Å². The molecule has 0 saturated carbocycles. The van der Waals surface area contributed by atoms with Crippen molar-refractivity contribution in [2.24, 2.45) is 11.8 Å². The van der Waals surface area contributed by atoms with Gasteiger partial charge >= 0.3 is 0 Å². The van der Waals surface area contributed by atoms with Gasteiger partial charge < -0.3 is 14.4 Å². The summed E-state index contributed by atoms with van der Waals surface area (Å²) in [6.07, 6.45) is 0.843. The molecule has 0 bridgehead atoms. The lowest BCUT2D eigenvalue weighted by Crippen LogP contribution is -2.53. The molecule has 0 unspecified atom stereocenters. The zero-order valence-corrected chi connectivity index (χ0v) is 20.5. The number of nitrogens with zero attached hydrogens (tertiary/aromatic N) is 2. The van der Waals surface area contributed by atoms with Crippen LogP contribution in [0.3, 0.4) is 0 Å². The lowest BCUT2D eigenvalue weighted by atomic mass is 9.99. The van der Waals surface area contributed by atoms with Gasteiger partial charge in [-0.3, -0.25) is 0 Å². The highest BCUT2D eigenvalue weighted by atomic mass is 35.5. The van der Waals surface area contributed by atoms with Crippen molar-refractivity contribution in [3.05, 3.63) is 58.6 Å². The average molecular weight is 489 g/mol. The highest BCUT2D eigenvalue weighted by Gasteiger charge is 2.47. The van der Waals surface area contributed by atoms with Crippen LogP contribution in [0.4, 0.5) is 0 Å². The van der Waals surface area contributed by atoms with Crippen molar-refractivity contribution in [1.29, 1.82) is 5.26 Å². The Morgan fingerprint density at radius 3 is 2.58 bits per heavy atom. The first kappa shape index (κ1) is 24.0. The molecule has 0 radical (unpaired) electrons. The van der Waals surface area contributed by atoms with Crippen LogP contribution >= 0.6 is 11.6 Å². The van der Waals surface area contributed by atoms with Gasteiger partial charge in [-0.05, 0) is 67.3 Å². The molecular formula is C25H29ClN2O4S. The molecule has 4 rings (SSSR count). The SMILES string of the molecule is C[C@@H]1CN(CCc2cc(Cl)cc(C#N)c2)C[C@H]1COc1ccc(S(=O)(=O)C2(C)COC2)cc1. The fourth-order valence-electron chi connectivity index (χ4n) is 4.44. The highest BCUT2D eigenvalue weighted by Crippen LogP contribution is 2.33. The standard InChI is InChI=1S/C25H29ClN2O4S/c1-18-13-28(8-7-19-9-20(12-27)11-22(26)10-19)14-21(18)15-32-23-3-5-24(6-4-23)33(29,30)25(2)16-31-17-25/h3-6,9-11,18,21H,7-8,13-17H2,1-2H3/t18-,21+/m1/s1. The van der Waals surface area contributed by atoms with Crippen LogP contribution in [-0.2, 0) is 21.0 Å². The molecule has 8 heteroatoms. The Morgan fingerprint density at radius 2 is 1.94 bits per heavy atom. The van der Waals surface area contributed by atoms with E-state index in [1.165, 1.54) is 0 Å². The van der Waals surface area contributed by atoms with Gasteiger partial charge in [0, 0.05) is 30.6 Å². The van der Waals surface area contributed by atoms with Crippen molar-refractivity contribution in [2.75, 3.05) is 39.5 Å². The van der Waals surface area contributed by atoms with Gasteiger partial charge in [-0.15, -0.1) is 0 Å². The van der Waals surface area contributed by atoms with Crippen molar-refractivity contribution in [3.63, 3.8) is 0 Å². The van der Waals surface area contributed by atoms with Crippen LogP contribution in [0.15, 0.2) is 47.4 Å². The molecule has 33 heavy (non-hydrogen) atoms. The molecule has 6 nitrogen and oxygen atoms in total. The fourth-order valence-corrected chi connectivity index (χ4v) is 6.23. The zero-order chi connectivity index (χ0) is 23.6. The molecule has 176 valence electrons. The Morgan fingerprint density at radius 1 is 1.21 bits per heavy atom. The molecule has 2 atom stereocenters. The number of nitriles is 1. The maximum atomic E-state index is 12.8. The normalized spacial score (nSPS) is 22.5. The number of sulfone groups is 1. The summed E-state index contributed by atoms with van der Waals surface area (Å²) in [7, 11) is -3.41. The Bertz CT molecular complexity index is 1140. The topological polar surface area (TPSA) is 79.6 Å². The predicted octanol–water partition coefficient (Wildman–Crippen LogP) is 3.96. The van der Waals surface area contributed by atoms with E-state index in [4.69, 9.17) is 26.3 Å². The van der Waals surface area contributed by atoms with E-state index in [0.29, 0.717) is 39.7 Å². The molecule has 2 saturated heterocycles. The molecule has 0 spiro atoms. The number of benzene rings is 2. The molecule has 0 N–H and O–H groups in total. The minimum atomic E-state index is -3.41. The summed E-state index contributed by atoms with van der Waals surface area (Å²) in [4.78, 5) is 2.73. The quantitative estimate of drug-likeness (QED) is 0.559. The monoisotopic (exact) mass is 488 g/mol. The summed E-state index contributed by atoms with van der Waals surface area (Å²) in [5.41, 5.74) is 1.66. The minimum absolute atomic E-state index is 0.237. The zero-order valence-electron chi connectivity index (χ0n) is 19.0. The van der Waals surface area contributed by atoms with E-state index in [1.54, 1.807) is 37.3 Å². The van der Waals surface area contributed by atoms with Gasteiger partial charge in [0.25, 0.3) is 0 Å². The third-order valence-corrected chi connectivity index (χ3v) is 9.35. The number of rotatable bonds is 8. The first-order valence-electron chi connectivity index (χ1n) is 11.2. The third kappa shape index (κ3) is 5.20. The van der Waals surface area contributed by atoms with E-state index in [-0.39, 0.29) is 13.2 Å². The summed E-state index contributed by atoms with van der Waals surface area (Å²) >= 11 is 6.12. The number of halogens is 1. The van der Waals surface area contributed by atoms with Crippen molar-refractivity contribution >= 4 is 21.4 Å². The second kappa shape index (κ2) is 9.63. The van der Waals surface area contributed by atoms with Crippen LogP contribution in [-0.4, -0.2) is 57.5 Å². The van der Waals surface area contributed by atoms with Gasteiger partial charge in [0.05, 0.1) is 36.3 Å². The summed E-state index contributed by atoms with van der Waals surface area (Å²) in [6.45, 7) is 7.86. The maximum Gasteiger partial charge on any atom is 0.188 e. The van der Waals surface area contributed by atoms with Crippen LogP contribution in [0.2, 0.25) is 5.02 Å². The van der Waals surface area contributed by atoms with Crippen LogP contribution in [0.1, 0.15) is 25.0 Å².